The molecule has 8 nitrogen and oxygen atoms in total. The first kappa shape index (κ1) is 26.7. The van der Waals surface area contributed by atoms with Crippen molar-refractivity contribution < 1.29 is 28.2 Å². The number of anilines is 2. The van der Waals surface area contributed by atoms with E-state index in [4.69, 9.17) is 21.7 Å². The molecule has 1 fully saturated rings. The molecule has 0 unspecified atom stereocenters. The van der Waals surface area contributed by atoms with Crippen molar-refractivity contribution in [1.29, 1.82) is 0 Å². The molecule has 1 heterocycles. The van der Waals surface area contributed by atoms with Crippen LogP contribution in [0.1, 0.15) is 29.3 Å². The lowest BCUT2D eigenvalue weighted by Crippen LogP contribution is -2.37. The van der Waals surface area contributed by atoms with E-state index in [0.717, 1.165) is 5.56 Å². The zero-order valence-corrected chi connectivity index (χ0v) is 21.7. The Labute approximate surface area is 224 Å². The highest BCUT2D eigenvalue weighted by molar-refractivity contribution is 7.80. The number of nitrogens with one attached hydrogen (secondary N) is 1. The molecule has 0 saturated carbocycles. The van der Waals surface area contributed by atoms with Crippen molar-refractivity contribution in [2.45, 2.75) is 25.9 Å². The third kappa shape index (κ3) is 5.97. The number of rotatable bonds is 9. The number of methoxy groups -OCH3 is 1. The van der Waals surface area contributed by atoms with E-state index >= 15 is 0 Å². The molecule has 10 heteroatoms. The average molecular weight is 536 g/mol. The summed E-state index contributed by atoms with van der Waals surface area (Å²) < 4.78 is 23.6. The van der Waals surface area contributed by atoms with Crippen LogP contribution in [0.25, 0.3) is 0 Å². The van der Waals surface area contributed by atoms with Crippen LogP contribution in [-0.2, 0) is 20.9 Å². The van der Waals surface area contributed by atoms with Crippen LogP contribution in [0.4, 0.5) is 15.8 Å². The first-order valence-electron chi connectivity index (χ1n) is 11.9. The summed E-state index contributed by atoms with van der Waals surface area (Å²) in [6, 6.07) is 18.2. The predicted octanol–water partition coefficient (Wildman–Crippen LogP) is 4.54. The highest BCUT2D eigenvalue weighted by atomic mass is 32.1. The quantitative estimate of drug-likeness (QED) is 0.318. The molecule has 1 saturated heterocycles. The summed E-state index contributed by atoms with van der Waals surface area (Å²) >= 11 is 5.68. The monoisotopic (exact) mass is 535 g/mol. The zero-order valence-electron chi connectivity index (χ0n) is 20.8. The summed E-state index contributed by atoms with van der Waals surface area (Å²) in [5.41, 5.74) is 2.11. The molecule has 196 valence electrons. The second-order valence-corrected chi connectivity index (χ2v) is 8.84. The Morgan fingerprint density at radius 2 is 1.66 bits per heavy atom. The van der Waals surface area contributed by atoms with Gasteiger partial charge in [0.2, 0.25) is 5.91 Å². The van der Waals surface area contributed by atoms with Crippen LogP contribution in [0, 0.1) is 5.82 Å². The molecule has 1 N–H and O–H groups in total. The molecule has 4 rings (SSSR count). The van der Waals surface area contributed by atoms with Gasteiger partial charge in [0.15, 0.2) is 5.11 Å². The minimum Gasteiger partial charge on any atom is -0.497 e. The van der Waals surface area contributed by atoms with Crippen LogP contribution in [0.5, 0.6) is 5.75 Å². The maximum Gasteiger partial charge on any atom is 0.338 e. The first-order chi connectivity index (χ1) is 18.3. The molecule has 3 aromatic rings. The van der Waals surface area contributed by atoms with Crippen LogP contribution in [0.3, 0.4) is 0 Å². The van der Waals surface area contributed by atoms with Crippen LogP contribution in [0.15, 0.2) is 72.8 Å². The van der Waals surface area contributed by atoms with Gasteiger partial charge in [0.1, 0.15) is 17.6 Å². The largest absolute Gasteiger partial charge is 0.497 e. The van der Waals surface area contributed by atoms with Gasteiger partial charge in [0, 0.05) is 12.2 Å². The predicted molar refractivity (Wildman–Crippen MR) is 144 cm³/mol. The Morgan fingerprint density at radius 3 is 2.26 bits per heavy atom. The fourth-order valence-electron chi connectivity index (χ4n) is 4.06. The molecular weight excluding hydrogens is 509 g/mol. The highest BCUT2D eigenvalue weighted by Crippen LogP contribution is 2.30. The van der Waals surface area contributed by atoms with E-state index in [1.165, 1.54) is 17.0 Å². The van der Waals surface area contributed by atoms with Gasteiger partial charge in [-0.3, -0.25) is 14.5 Å². The van der Waals surface area contributed by atoms with Gasteiger partial charge >= 0.3 is 5.97 Å². The molecule has 0 spiro atoms. The Balaban J connectivity index is 1.54. The van der Waals surface area contributed by atoms with Crippen LogP contribution in [-0.4, -0.2) is 47.6 Å². The first-order valence-corrected chi connectivity index (χ1v) is 12.3. The van der Waals surface area contributed by atoms with E-state index < -0.39 is 17.9 Å². The Kier molecular flexibility index (Phi) is 8.32. The number of ether oxygens (including phenoxy) is 2. The van der Waals surface area contributed by atoms with Crippen molar-refractivity contribution in [2.75, 3.05) is 23.9 Å². The molecule has 1 aliphatic rings. The number of carbonyl (C=O) groups excluding carboxylic acids is 3. The normalized spacial score (nSPS) is 15.0. The summed E-state index contributed by atoms with van der Waals surface area (Å²) in [5.74, 6) is -0.964. The molecule has 1 atom stereocenters. The topological polar surface area (TPSA) is 88.2 Å². The van der Waals surface area contributed by atoms with Crippen LogP contribution < -0.4 is 15.0 Å². The van der Waals surface area contributed by atoms with Crippen molar-refractivity contribution in [3.63, 3.8) is 0 Å². The van der Waals surface area contributed by atoms with E-state index in [2.05, 4.69) is 5.32 Å². The van der Waals surface area contributed by atoms with Gasteiger partial charge in [0.05, 0.1) is 31.4 Å². The number of halogens is 1. The lowest BCUT2D eigenvalue weighted by atomic mass is 10.1. The number of thiocarbonyl (C=S) groups is 1. The van der Waals surface area contributed by atoms with Crippen molar-refractivity contribution in [1.82, 2.24) is 4.90 Å². The molecule has 0 aliphatic carbocycles. The molecular formula is C28H26FN3O5S. The number of hydrogen-bond acceptors (Lipinski definition) is 6. The lowest BCUT2D eigenvalue weighted by Gasteiger charge is -2.24. The fraction of sp³-hybridized carbons (Fsp3) is 0.214. The smallest absolute Gasteiger partial charge is 0.338 e. The van der Waals surface area contributed by atoms with Crippen molar-refractivity contribution >= 4 is 46.5 Å². The number of amides is 2. The Morgan fingerprint density at radius 1 is 1.00 bits per heavy atom. The lowest BCUT2D eigenvalue weighted by molar-refractivity contribution is -0.124. The molecule has 2 amide bonds. The maximum absolute atomic E-state index is 13.6. The summed E-state index contributed by atoms with van der Waals surface area (Å²) in [7, 11) is 1.55. The Hall–Kier alpha value is -4.31. The van der Waals surface area contributed by atoms with Crippen LogP contribution >= 0.6 is 12.2 Å². The van der Waals surface area contributed by atoms with E-state index in [1.54, 1.807) is 79.6 Å². The number of benzene rings is 3. The number of esters is 1. The van der Waals surface area contributed by atoms with Gasteiger partial charge in [-0.2, -0.15) is 0 Å². The number of hydrogen-bond donors (Lipinski definition) is 1. The van der Waals surface area contributed by atoms with Gasteiger partial charge < -0.3 is 19.7 Å². The van der Waals surface area contributed by atoms with Crippen molar-refractivity contribution in [2.24, 2.45) is 0 Å². The summed E-state index contributed by atoms with van der Waals surface area (Å²) in [4.78, 5) is 41.5. The average Bonchev–Trinajstić information content (AvgIpc) is 3.14. The Bertz CT molecular complexity index is 1330. The van der Waals surface area contributed by atoms with E-state index in [-0.39, 0.29) is 36.4 Å². The SMILES string of the molecule is CCOC(=O)c1ccc(NC(=O)C[C@H]2C(=O)N(c3ccc(OC)cc3)C(=S)N2Cc2ccc(F)cc2)cc1. The number of nitrogens with zero attached hydrogens (tertiary/aromatic N) is 2. The highest BCUT2D eigenvalue weighted by Gasteiger charge is 2.44. The van der Waals surface area contributed by atoms with Crippen LogP contribution in [0.2, 0.25) is 0 Å². The molecule has 38 heavy (non-hydrogen) atoms. The second kappa shape index (κ2) is 11.8. The van der Waals surface area contributed by atoms with E-state index in [9.17, 15) is 18.8 Å². The molecule has 0 radical (unpaired) electrons. The number of carbonyl (C=O) groups is 3. The third-order valence-corrected chi connectivity index (χ3v) is 6.39. The molecule has 1 aliphatic heterocycles. The molecule has 0 aromatic heterocycles. The third-order valence-electron chi connectivity index (χ3n) is 5.97. The second-order valence-electron chi connectivity index (χ2n) is 8.47. The maximum atomic E-state index is 13.6. The van der Waals surface area contributed by atoms with E-state index in [1.807, 2.05) is 0 Å². The summed E-state index contributed by atoms with van der Waals surface area (Å²) in [6.45, 7) is 2.19. The van der Waals surface area contributed by atoms with Gasteiger partial charge in [-0.25, -0.2) is 9.18 Å². The van der Waals surface area contributed by atoms with Crippen molar-refractivity contribution in [3.05, 3.63) is 89.7 Å². The van der Waals surface area contributed by atoms with Gasteiger partial charge in [-0.15, -0.1) is 0 Å². The fourth-order valence-corrected chi connectivity index (χ4v) is 4.45. The van der Waals surface area contributed by atoms with Crippen molar-refractivity contribution in [3.8, 4) is 5.75 Å². The van der Waals surface area contributed by atoms with Gasteiger partial charge in [-0.1, -0.05) is 12.1 Å². The van der Waals surface area contributed by atoms with Gasteiger partial charge in [0.25, 0.3) is 5.91 Å². The van der Waals surface area contributed by atoms with E-state index in [0.29, 0.717) is 22.7 Å². The minimum atomic E-state index is -0.881. The summed E-state index contributed by atoms with van der Waals surface area (Å²) in [5, 5.41) is 3.00. The minimum absolute atomic E-state index is 0.174. The molecule has 0 bridgehead atoms. The summed E-state index contributed by atoms with van der Waals surface area (Å²) in [6.07, 6.45) is -0.174. The standard InChI is InChI=1S/C28H26FN3O5S/c1-3-37-27(35)19-6-10-21(11-7-19)30-25(33)16-24-26(34)32(22-12-14-23(36-2)15-13-22)28(38)31(24)17-18-4-8-20(29)9-5-18/h4-15,24H,3,16-17H2,1-2H3,(H,30,33)/t24-/m0/s1. The zero-order chi connectivity index (χ0) is 27.2. The molecule has 3 aromatic carbocycles. The van der Waals surface area contributed by atoms with Gasteiger partial charge in [-0.05, 0) is 85.4 Å².